The molecule has 148 valence electrons. The number of imidazole rings is 1. The Labute approximate surface area is 163 Å². The fourth-order valence-corrected chi connectivity index (χ4v) is 3.20. The van der Waals surface area contributed by atoms with Crippen LogP contribution in [0.1, 0.15) is 12.8 Å². The first-order valence-electron chi connectivity index (χ1n) is 9.34. The van der Waals surface area contributed by atoms with E-state index >= 15 is 0 Å². The van der Waals surface area contributed by atoms with E-state index in [2.05, 4.69) is 36.0 Å². The number of nitrogens with one attached hydrogen (secondary N) is 3. The van der Waals surface area contributed by atoms with Crippen LogP contribution >= 0.6 is 0 Å². The molecule has 3 aromatic heterocycles. The molecule has 1 aliphatic rings. The van der Waals surface area contributed by atoms with Gasteiger partial charge in [-0.2, -0.15) is 15.1 Å². The quantitative estimate of drug-likeness (QED) is 0.588. The average molecular weight is 383 g/mol. The van der Waals surface area contributed by atoms with Crippen LogP contribution in [0.15, 0.2) is 24.8 Å². The maximum atomic E-state index is 6.04. The third-order valence-corrected chi connectivity index (χ3v) is 4.67. The summed E-state index contributed by atoms with van der Waals surface area (Å²) in [6.45, 7) is 1.95. The second-order valence-corrected chi connectivity index (χ2v) is 6.82. The summed E-state index contributed by atoms with van der Waals surface area (Å²) in [5.41, 5.74) is 1.84. The normalized spacial score (nSPS) is 14.8. The molecule has 0 atom stereocenters. The zero-order chi connectivity index (χ0) is 19.5. The molecular formula is C18H25N9O. The molecule has 4 heterocycles. The van der Waals surface area contributed by atoms with Gasteiger partial charge in [0.05, 0.1) is 12.4 Å². The maximum Gasteiger partial charge on any atom is 0.298 e. The molecule has 1 saturated heterocycles. The number of nitrogens with zero attached hydrogens (tertiary/aromatic N) is 6. The Morgan fingerprint density at radius 3 is 2.68 bits per heavy atom. The van der Waals surface area contributed by atoms with Crippen LogP contribution in [-0.2, 0) is 14.1 Å². The number of hydrogen-bond donors (Lipinski definition) is 3. The molecule has 0 radical (unpaired) electrons. The lowest BCUT2D eigenvalue weighted by Crippen LogP contribution is -2.34. The van der Waals surface area contributed by atoms with Crippen LogP contribution in [-0.4, -0.2) is 55.5 Å². The Morgan fingerprint density at radius 2 is 1.96 bits per heavy atom. The predicted octanol–water partition coefficient (Wildman–Crippen LogP) is 1.53. The summed E-state index contributed by atoms with van der Waals surface area (Å²) in [6.07, 6.45) is 9.52. The molecule has 4 rings (SSSR count). The first kappa shape index (κ1) is 18.2. The third kappa shape index (κ3) is 3.91. The number of rotatable bonds is 6. The zero-order valence-electron chi connectivity index (χ0n) is 16.3. The number of aromatic nitrogens is 6. The van der Waals surface area contributed by atoms with Crippen LogP contribution in [0.4, 0.5) is 17.6 Å². The summed E-state index contributed by atoms with van der Waals surface area (Å²) in [5.74, 6) is 1.82. The topological polar surface area (TPSA) is 107 Å². The van der Waals surface area contributed by atoms with Crippen molar-refractivity contribution in [3.8, 4) is 17.1 Å². The lowest BCUT2D eigenvalue weighted by molar-refractivity contribution is 0.144. The van der Waals surface area contributed by atoms with Gasteiger partial charge in [-0.25, -0.2) is 4.98 Å². The smallest absolute Gasteiger partial charge is 0.298 e. The molecule has 0 amide bonds. The van der Waals surface area contributed by atoms with E-state index in [0.717, 1.165) is 37.1 Å². The number of piperidine rings is 1. The van der Waals surface area contributed by atoms with Gasteiger partial charge in [0.25, 0.3) is 6.01 Å². The van der Waals surface area contributed by atoms with Crippen molar-refractivity contribution in [2.75, 3.05) is 30.8 Å². The highest BCUT2D eigenvalue weighted by Gasteiger charge is 2.18. The van der Waals surface area contributed by atoms with Gasteiger partial charge in [0.15, 0.2) is 5.82 Å². The van der Waals surface area contributed by atoms with E-state index in [1.54, 1.807) is 17.1 Å². The standard InChI is InChI=1S/C18H25N9O/c1-19-16-14(12-8-22-27(3)10-12)9-21-17(25-16)23-15-11-26(2)18(24-15)28-13-4-6-20-7-5-13/h8-11,13,20H,4-7H2,1-3H3,(H2,19,21,23,25). The number of anilines is 3. The van der Waals surface area contributed by atoms with Gasteiger partial charge >= 0.3 is 0 Å². The van der Waals surface area contributed by atoms with Crippen LogP contribution in [0.3, 0.4) is 0 Å². The van der Waals surface area contributed by atoms with Crippen LogP contribution in [0, 0.1) is 0 Å². The molecule has 0 aromatic carbocycles. The highest BCUT2D eigenvalue weighted by atomic mass is 16.5. The largest absolute Gasteiger partial charge is 0.461 e. The molecule has 1 aliphatic heterocycles. The molecule has 3 aromatic rings. The van der Waals surface area contributed by atoms with Crippen molar-refractivity contribution < 1.29 is 4.74 Å². The van der Waals surface area contributed by atoms with E-state index in [1.807, 2.05) is 38.1 Å². The molecule has 10 nitrogen and oxygen atoms in total. The first-order chi connectivity index (χ1) is 13.6. The molecule has 1 fully saturated rings. The first-order valence-corrected chi connectivity index (χ1v) is 9.34. The van der Waals surface area contributed by atoms with Crippen molar-refractivity contribution >= 4 is 17.6 Å². The third-order valence-electron chi connectivity index (χ3n) is 4.67. The highest BCUT2D eigenvalue weighted by Crippen LogP contribution is 2.27. The van der Waals surface area contributed by atoms with Crippen LogP contribution < -0.4 is 20.7 Å². The minimum Gasteiger partial charge on any atom is -0.461 e. The van der Waals surface area contributed by atoms with Gasteiger partial charge in [-0.1, -0.05) is 0 Å². The highest BCUT2D eigenvalue weighted by molar-refractivity contribution is 5.74. The van der Waals surface area contributed by atoms with Crippen molar-refractivity contribution in [1.29, 1.82) is 0 Å². The van der Waals surface area contributed by atoms with Gasteiger partial charge in [-0.3, -0.25) is 4.68 Å². The van der Waals surface area contributed by atoms with Gasteiger partial charge in [0.2, 0.25) is 5.95 Å². The van der Waals surface area contributed by atoms with Crippen molar-refractivity contribution in [2.45, 2.75) is 18.9 Å². The van der Waals surface area contributed by atoms with E-state index in [1.165, 1.54) is 0 Å². The zero-order valence-corrected chi connectivity index (χ0v) is 16.3. The summed E-state index contributed by atoms with van der Waals surface area (Å²) in [5, 5.41) is 13.8. The van der Waals surface area contributed by atoms with Crippen molar-refractivity contribution in [2.24, 2.45) is 14.1 Å². The van der Waals surface area contributed by atoms with E-state index in [0.29, 0.717) is 23.6 Å². The molecule has 28 heavy (non-hydrogen) atoms. The molecule has 0 spiro atoms. The van der Waals surface area contributed by atoms with E-state index in [9.17, 15) is 0 Å². The average Bonchev–Trinajstić information content (AvgIpc) is 3.28. The second-order valence-electron chi connectivity index (χ2n) is 6.82. The molecule has 10 heteroatoms. The summed E-state index contributed by atoms with van der Waals surface area (Å²) in [6, 6.07) is 0.593. The molecular weight excluding hydrogens is 358 g/mol. The molecule has 0 aliphatic carbocycles. The lowest BCUT2D eigenvalue weighted by Gasteiger charge is -2.22. The minimum atomic E-state index is 0.195. The fourth-order valence-electron chi connectivity index (χ4n) is 3.20. The summed E-state index contributed by atoms with van der Waals surface area (Å²) in [4.78, 5) is 13.5. The van der Waals surface area contributed by atoms with Crippen LogP contribution in [0.2, 0.25) is 0 Å². The Hall–Kier alpha value is -3.14. The predicted molar refractivity (Wildman–Crippen MR) is 107 cm³/mol. The monoisotopic (exact) mass is 383 g/mol. The maximum absolute atomic E-state index is 6.04. The summed E-state index contributed by atoms with van der Waals surface area (Å²) >= 11 is 0. The van der Waals surface area contributed by atoms with Gasteiger partial charge in [-0.05, 0) is 25.9 Å². The number of hydrogen-bond acceptors (Lipinski definition) is 8. The Morgan fingerprint density at radius 1 is 1.14 bits per heavy atom. The van der Waals surface area contributed by atoms with E-state index in [-0.39, 0.29) is 6.10 Å². The van der Waals surface area contributed by atoms with E-state index < -0.39 is 0 Å². The van der Waals surface area contributed by atoms with Gasteiger partial charge in [0, 0.05) is 44.7 Å². The lowest BCUT2D eigenvalue weighted by atomic mass is 10.1. The second kappa shape index (κ2) is 7.85. The van der Waals surface area contributed by atoms with Crippen molar-refractivity contribution in [3.63, 3.8) is 0 Å². The van der Waals surface area contributed by atoms with Gasteiger partial charge < -0.3 is 25.3 Å². The van der Waals surface area contributed by atoms with Gasteiger partial charge in [-0.15, -0.1) is 0 Å². The number of ether oxygens (including phenoxy) is 1. The summed E-state index contributed by atoms with van der Waals surface area (Å²) in [7, 11) is 5.63. The van der Waals surface area contributed by atoms with E-state index in [4.69, 9.17) is 4.74 Å². The molecule has 0 saturated carbocycles. The Balaban J connectivity index is 1.50. The Kier molecular flexibility index (Phi) is 5.11. The minimum absolute atomic E-state index is 0.195. The molecule has 0 unspecified atom stereocenters. The van der Waals surface area contributed by atoms with Gasteiger partial charge in [0.1, 0.15) is 11.9 Å². The molecule has 3 N–H and O–H groups in total. The fraction of sp³-hybridized carbons (Fsp3) is 0.444. The van der Waals surface area contributed by atoms with Crippen molar-refractivity contribution in [3.05, 3.63) is 24.8 Å². The molecule has 0 bridgehead atoms. The Bertz CT molecular complexity index is 942. The SMILES string of the molecule is CNc1nc(Nc2cn(C)c(OC3CCNCC3)n2)ncc1-c1cnn(C)c1. The van der Waals surface area contributed by atoms with Crippen LogP contribution in [0.25, 0.3) is 11.1 Å². The van der Waals surface area contributed by atoms with Crippen molar-refractivity contribution in [1.82, 2.24) is 34.6 Å². The number of aryl methyl sites for hydroxylation is 2. The van der Waals surface area contributed by atoms with Crippen LogP contribution in [0.5, 0.6) is 6.01 Å². The summed E-state index contributed by atoms with van der Waals surface area (Å²) < 4.78 is 9.66.